The molecule has 0 aromatic rings. The molecule has 6 nitrogen and oxygen atoms in total. The molecule has 0 aliphatic carbocycles. The van der Waals surface area contributed by atoms with E-state index in [9.17, 15) is 14.4 Å². The molecule has 0 saturated heterocycles. The number of esters is 3. The zero-order valence-electron chi connectivity index (χ0n) is 39.7. The van der Waals surface area contributed by atoms with Gasteiger partial charge in [0.15, 0.2) is 6.10 Å². The fraction of sp³-hybridized carbons (Fsp3) is 0.942. The molecule has 0 aromatic carbocycles. The van der Waals surface area contributed by atoms with Crippen molar-refractivity contribution in [3.05, 3.63) is 0 Å². The van der Waals surface area contributed by atoms with Gasteiger partial charge < -0.3 is 14.2 Å². The topological polar surface area (TPSA) is 78.9 Å². The lowest BCUT2D eigenvalue weighted by molar-refractivity contribution is -0.167. The lowest BCUT2D eigenvalue weighted by Gasteiger charge is -2.18. The maximum Gasteiger partial charge on any atom is 0.306 e. The van der Waals surface area contributed by atoms with Gasteiger partial charge in [-0.1, -0.05) is 247 Å². The fourth-order valence-electron chi connectivity index (χ4n) is 7.78. The normalized spacial score (nSPS) is 12.5. The van der Waals surface area contributed by atoms with Gasteiger partial charge >= 0.3 is 17.9 Å². The van der Waals surface area contributed by atoms with Crippen LogP contribution in [-0.4, -0.2) is 37.2 Å². The number of carbonyl (C=O) groups excluding carboxylic acids is 3. The predicted molar refractivity (Wildman–Crippen MR) is 247 cm³/mol. The lowest BCUT2D eigenvalue weighted by atomic mass is 9.99. The van der Waals surface area contributed by atoms with Gasteiger partial charge in [0, 0.05) is 19.3 Å². The highest BCUT2D eigenvalue weighted by atomic mass is 16.6. The molecule has 0 aliphatic rings. The van der Waals surface area contributed by atoms with E-state index in [1.165, 1.54) is 173 Å². The number of rotatable bonds is 46. The highest BCUT2D eigenvalue weighted by molar-refractivity contribution is 5.71. The molecule has 0 aliphatic heterocycles. The second-order valence-electron chi connectivity index (χ2n) is 18.5. The van der Waals surface area contributed by atoms with Crippen molar-refractivity contribution >= 4 is 17.9 Å². The first kappa shape index (κ1) is 56.4. The van der Waals surface area contributed by atoms with Gasteiger partial charge in [-0.25, -0.2) is 0 Å². The Morgan fingerprint density at radius 1 is 0.362 bits per heavy atom. The summed E-state index contributed by atoms with van der Waals surface area (Å²) in [6.45, 7) is 11.4. The molecule has 0 fully saturated rings. The molecular weight excluding hydrogens is 721 g/mol. The molecule has 0 amide bonds. The number of carbonyl (C=O) groups is 3. The van der Waals surface area contributed by atoms with Gasteiger partial charge in [-0.3, -0.25) is 14.4 Å². The minimum atomic E-state index is -0.761. The van der Waals surface area contributed by atoms with Gasteiger partial charge in [-0.15, -0.1) is 0 Å². The number of unbranched alkanes of at least 4 members (excludes halogenated alkanes) is 30. The van der Waals surface area contributed by atoms with E-state index < -0.39 is 6.10 Å². The molecule has 0 aromatic heterocycles. The summed E-state index contributed by atoms with van der Waals surface area (Å²) in [6, 6.07) is 0. The highest BCUT2D eigenvalue weighted by Gasteiger charge is 2.19. The van der Waals surface area contributed by atoms with Crippen LogP contribution >= 0.6 is 0 Å². The maximum atomic E-state index is 12.8. The third kappa shape index (κ3) is 44.0. The molecule has 2 atom stereocenters. The van der Waals surface area contributed by atoms with Crippen LogP contribution in [0.15, 0.2) is 0 Å². The van der Waals surface area contributed by atoms with Gasteiger partial charge in [0.05, 0.1) is 0 Å². The lowest BCUT2D eigenvalue weighted by Crippen LogP contribution is -2.30. The Morgan fingerprint density at radius 2 is 0.655 bits per heavy atom. The Morgan fingerprint density at radius 3 is 0.983 bits per heavy atom. The molecule has 1 unspecified atom stereocenters. The van der Waals surface area contributed by atoms with Crippen molar-refractivity contribution in [3.8, 4) is 0 Å². The summed E-state index contributed by atoms with van der Waals surface area (Å²) in [7, 11) is 0. The summed E-state index contributed by atoms with van der Waals surface area (Å²) in [5, 5.41) is 0. The maximum absolute atomic E-state index is 12.8. The predicted octanol–water partition coefficient (Wildman–Crippen LogP) is 16.5. The summed E-state index contributed by atoms with van der Waals surface area (Å²) in [5.74, 6) is 0.858. The summed E-state index contributed by atoms with van der Waals surface area (Å²) in [4.78, 5) is 37.9. The van der Waals surface area contributed by atoms with Crippen molar-refractivity contribution < 1.29 is 28.6 Å². The molecule has 0 heterocycles. The van der Waals surface area contributed by atoms with Crippen LogP contribution in [0.2, 0.25) is 0 Å². The zero-order valence-corrected chi connectivity index (χ0v) is 39.7. The van der Waals surface area contributed by atoms with E-state index in [1.54, 1.807) is 0 Å². The first-order valence-electron chi connectivity index (χ1n) is 25.8. The van der Waals surface area contributed by atoms with E-state index in [2.05, 4.69) is 34.6 Å². The number of hydrogen-bond donors (Lipinski definition) is 0. The van der Waals surface area contributed by atoms with Gasteiger partial charge in [0.2, 0.25) is 0 Å². The molecule has 0 saturated carbocycles. The third-order valence-electron chi connectivity index (χ3n) is 12.1. The smallest absolute Gasteiger partial charge is 0.306 e. The Kier molecular flexibility index (Phi) is 43.7. The van der Waals surface area contributed by atoms with Crippen LogP contribution in [-0.2, 0) is 28.6 Å². The summed E-state index contributed by atoms with van der Waals surface area (Å²) >= 11 is 0. The van der Waals surface area contributed by atoms with Crippen LogP contribution in [0.3, 0.4) is 0 Å². The van der Waals surface area contributed by atoms with E-state index in [4.69, 9.17) is 14.2 Å². The standard InChI is InChI=1S/C52H100O6/c1-6-8-9-10-11-12-22-27-32-37-42-50(53)56-45-49(46-57-51(54)43-38-33-28-23-19-18-21-26-31-36-41-48(5)7-2)58-52(55)44-39-34-29-24-17-15-13-14-16-20-25-30-35-40-47(3)4/h47-49H,6-46H2,1-5H3/t48?,49-/m1/s1. The largest absolute Gasteiger partial charge is 0.462 e. The van der Waals surface area contributed by atoms with Crippen molar-refractivity contribution in [2.75, 3.05) is 13.2 Å². The molecule has 0 N–H and O–H groups in total. The first-order chi connectivity index (χ1) is 28.3. The monoisotopic (exact) mass is 821 g/mol. The van der Waals surface area contributed by atoms with Gasteiger partial charge in [-0.05, 0) is 31.1 Å². The fourth-order valence-corrected chi connectivity index (χ4v) is 7.78. The van der Waals surface area contributed by atoms with Crippen molar-refractivity contribution in [1.29, 1.82) is 0 Å². The second-order valence-corrected chi connectivity index (χ2v) is 18.5. The molecule has 0 rings (SSSR count). The SMILES string of the molecule is CCCCCCCCCCCCC(=O)OC[C@H](COC(=O)CCCCCCCCCCCCC(C)CC)OC(=O)CCCCCCCCCCCCCCCC(C)C. The van der Waals surface area contributed by atoms with Crippen LogP contribution in [0.25, 0.3) is 0 Å². The first-order valence-corrected chi connectivity index (χ1v) is 25.8. The number of hydrogen-bond acceptors (Lipinski definition) is 6. The van der Waals surface area contributed by atoms with Crippen LogP contribution in [0.1, 0.15) is 285 Å². The van der Waals surface area contributed by atoms with Crippen LogP contribution in [0.4, 0.5) is 0 Å². The van der Waals surface area contributed by atoms with Crippen molar-refractivity contribution in [2.45, 2.75) is 291 Å². The van der Waals surface area contributed by atoms with E-state index >= 15 is 0 Å². The van der Waals surface area contributed by atoms with E-state index in [0.29, 0.717) is 19.3 Å². The van der Waals surface area contributed by atoms with Crippen molar-refractivity contribution in [3.63, 3.8) is 0 Å². The molecule has 0 spiro atoms. The van der Waals surface area contributed by atoms with Crippen LogP contribution < -0.4 is 0 Å². The average molecular weight is 821 g/mol. The second kappa shape index (κ2) is 44.9. The molecule has 6 heteroatoms. The molecule has 344 valence electrons. The van der Waals surface area contributed by atoms with E-state index in [0.717, 1.165) is 69.6 Å². The Bertz CT molecular complexity index is 887. The van der Waals surface area contributed by atoms with Crippen molar-refractivity contribution in [1.82, 2.24) is 0 Å². The van der Waals surface area contributed by atoms with Gasteiger partial charge in [0.1, 0.15) is 13.2 Å². The molecular formula is C52H100O6. The molecule has 0 radical (unpaired) electrons. The van der Waals surface area contributed by atoms with Crippen LogP contribution in [0, 0.1) is 11.8 Å². The average Bonchev–Trinajstić information content (AvgIpc) is 3.21. The quantitative estimate of drug-likeness (QED) is 0.0346. The third-order valence-corrected chi connectivity index (χ3v) is 12.1. The summed E-state index contributed by atoms with van der Waals surface area (Å²) in [5.41, 5.74) is 0. The Hall–Kier alpha value is -1.59. The van der Waals surface area contributed by atoms with E-state index in [1.807, 2.05) is 0 Å². The van der Waals surface area contributed by atoms with Gasteiger partial charge in [-0.2, -0.15) is 0 Å². The highest BCUT2D eigenvalue weighted by Crippen LogP contribution is 2.18. The zero-order chi connectivity index (χ0) is 42.6. The minimum absolute atomic E-state index is 0.0639. The van der Waals surface area contributed by atoms with E-state index in [-0.39, 0.29) is 31.1 Å². The van der Waals surface area contributed by atoms with Gasteiger partial charge in [0.25, 0.3) is 0 Å². The minimum Gasteiger partial charge on any atom is -0.462 e. The Labute approximate surface area is 361 Å². The van der Waals surface area contributed by atoms with Crippen LogP contribution in [0.5, 0.6) is 0 Å². The molecule has 0 bridgehead atoms. The number of ether oxygens (including phenoxy) is 3. The summed E-state index contributed by atoms with van der Waals surface area (Å²) < 4.78 is 16.8. The Balaban J connectivity index is 4.30. The molecule has 58 heavy (non-hydrogen) atoms. The van der Waals surface area contributed by atoms with Crippen molar-refractivity contribution in [2.24, 2.45) is 11.8 Å². The summed E-state index contributed by atoms with van der Waals surface area (Å²) in [6.07, 6.45) is 45.1.